The predicted molar refractivity (Wildman–Crippen MR) is 91.4 cm³/mol. The molecule has 28 heavy (non-hydrogen) atoms. The first kappa shape index (κ1) is 21.2. The lowest BCUT2D eigenvalue weighted by Crippen LogP contribution is -2.49. The molecule has 6 N–H and O–H groups in total. The lowest BCUT2D eigenvalue weighted by atomic mass is 10.00. The van der Waals surface area contributed by atoms with Gasteiger partial charge in [0.1, 0.15) is 6.04 Å². The molecule has 11 heteroatoms. The highest BCUT2D eigenvalue weighted by atomic mass is 19.4. The molecule has 0 aliphatic rings. The predicted octanol–water partition coefficient (Wildman–Crippen LogP) is 1.49. The molecule has 0 aliphatic carbocycles. The van der Waals surface area contributed by atoms with Gasteiger partial charge in [0.15, 0.2) is 0 Å². The number of carboxylic acids is 2. The fourth-order valence-corrected chi connectivity index (χ4v) is 2.76. The van der Waals surface area contributed by atoms with Crippen LogP contribution >= 0.6 is 0 Å². The summed E-state index contributed by atoms with van der Waals surface area (Å²) in [6.07, 6.45) is -4.40. The highest BCUT2D eigenvalue weighted by molar-refractivity contribution is 5.90. The highest BCUT2D eigenvalue weighted by Gasteiger charge is 2.34. The summed E-state index contributed by atoms with van der Waals surface area (Å²) in [4.78, 5) is 36.7. The molecule has 1 heterocycles. The number of aromatic amines is 1. The number of carbonyl (C=O) groups is 3. The maximum Gasteiger partial charge on any atom is 0.417 e. The molecule has 1 aromatic heterocycles. The van der Waals surface area contributed by atoms with Crippen molar-refractivity contribution in [2.24, 2.45) is 5.73 Å². The van der Waals surface area contributed by atoms with Crippen LogP contribution < -0.4 is 11.1 Å². The molecule has 2 aromatic rings. The number of halogens is 3. The monoisotopic (exact) mass is 401 g/mol. The molecule has 0 fully saturated rings. The Hall–Kier alpha value is -3.08. The maximum absolute atomic E-state index is 13.3. The van der Waals surface area contributed by atoms with Crippen molar-refractivity contribution in [1.82, 2.24) is 10.3 Å². The van der Waals surface area contributed by atoms with E-state index in [1.54, 1.807) is 0 Å². The second-order valence-corrected chi connectivity index (χ2v) is 6.18. The number of fused-ring (bicyclic) bond motifs is 1. The van der Waals surface area contributed by atoms with Crippen molar-refractivity contribution in [3.05, 3.63) is 35.5 Å². The number of aromatic nitrogens is 1. The lowest BCUT2D eigenvalue weighted by Gasteiger charge is -2.18. The van der Waals surface area contributed by atoms with E-state index in [4.69, 9.17) is 10.8 Å². The molecule has 0 aliphatic heterocycles. The second-order valence-electron chi connectivity index (χ2n) is 6.18. The Morgan fingerprint density at radius 2 is 1.89 bits per heavy atom. The van der Waals surface area contributed by atoms with Gasteiger partial charge in [-0.25, -0.2) is 4.79 Å². The van der Waals surface area contributed by atoms with Crippen molar-refractivity contribution < 1.29 is 37.8 Å². The molecule has 1 amide bonds. The van der Waals surface area contributed by atoms with Crippen molar-refractivity contribution in [2.75, 3.05) is 0 Å². The largest absolute Gasteiger partial charge is 0.481 e. The van der Waals surface area contributed by atoms with Gasteiger partial charge in [-0.15, -0.1) is 0 Å². The Morgan fingerprint density at radius 1 is 1.21 bits per heavy atom. The van der Waals surface area contributed by atoms with Crippen LogP contribution in [0.1, 0.15) is 24.0 Å². The van der Waals surface area contributed by atoms with E-state index in [0.717, 1.165) is 6.07 Å². The zero-order valence-electron chi connectivity index (χ0n) is 14.4. The molecular weight excluding hydrogens is 383 g/mol. The van der Waals surface area contributed by atoms with E-state index in [0.29, 0.717) is 0 Å². The van der Waals surface area contributed by atoms with Crippen molar-refractivity contribution in [2.45, 2.75) is 37.5 Å². The first-order valence-corrected chi connectivity index (χ1v) is 8.17. The number of hydrogen-bond acceptors (Lipinski definition) is 4. The van der Waals surface area contributed by atoms with Crippen LogP contribution in [0.3, 0.4) is 0 Å². The van der Waals surface area contributed by atoms with Crippen LogP contribution in [0.2, 0.25) is 0 Å². The normalized spacial score (nSPS) is 13.9. The third-order valence-corrected chi connectivity index (χ3v) is 4.14. The van der Waals surface area contributed by atoms with Gasteiger partial charge in [0.05, 0.1) is 11.6 Å². The number of nitrogens with one attached hydrogen (secondary N) is 2. The summed E-state index contributed by atoms with van der Waals surface area (Å²) in [5.74, 6) is -3.53. The van der Waals surface area contributed by atoms with E-state index < -0.39 is 48.1 Å². The fraction of sp³-hybridized carbons (Fsp3) is 0.353. The van der Waals surface area contributed by atoms with E-state index in [-0.39, 0.29) is 29.3 Å². The second kappa shape index (κ2) is 8.30. The third-order valence-electron chi connectivity index (χ3n) is 4.14. The van der Waals surface area contributed by atoms with Gasteiger partial charge >= 0.3 is 18.1 Å². The molecule has 8 nitrogen and oxygen atoms in total. The van der Waals surface area contributed by atoms with Crippen LogP contribution in [-0.4, -0.2) is 45.1 Å². The van der Waals surface area contributed by atoms with Gasteiger partial charge in [0.2, 0.25) is 5.91 Å². The zero-order chi connectivity index (χ0) is 21.1. The SMILES string of the molecule is NC(CCC(=O)O)C(=O)NC(Cc1c[nH]c2cccc(C(F)(F)F)c12)C(=O)O. The Bertz CT molecular complexity index is 894. The van der Waals surface area contributed by atoms with Gasteiger partial charge < -0.3 is 26.2 Å². The summed E-state index contributed by atoms with van der Waals surface area (Å²) in [6.45, 7) is 0. The summed E-state index contributed by atoms with van der Waals surface area (Å²) >= 11 is 0. The van der Waals surface area contributed by atoms with Gasteiger partial charge in [-0.05, 0) is 24.1 Å². The topological polar surface area (TPSA) is 146 Å². The van der Waals surface area contributed by atoms with Crippen LogP contribution in [0.5, 0.6) is 0 Å². The number of rotatable bonds is 8. The number of amides is 1. The number of aliphatic carboxylic acids is 2. The number of carboxylic acid groups (broad SMARTS) is 2. The standard InChI is InChI=1S/C17H18F3N3O5/c18-17(19,20)9-2-1-3-11-14(9)8(7-22-11)6-12(16(27)28)23-15(26)10(21)4-5-13(24)25/h1-3,7,10,12,22H,4-6,21H2,(H,23,26)(H,24,25)(H,27,28). The van der Waals surface area contributed by atoms with Crippen molar-refractivity contribution >= 4 is 28.7 Å². The number of H-pyrrole nitrogens is 1. The van der Waals surface area contributed by atoms with Gasteiger partial charge in [-0.1, -0.05) is 6.07 Å². The summed E-state index contributed by atoms with van der Waals surface area (Å²) < 4.78 is 39.8. The van der Waals surface area contributed by atoms with Gasteiger partial charge in [-0.3, -0.25) is 9.59 Å². The smallest absolute Gasteiger partial charge is 0.417 e. The van der Waals surface area contributed by atoms with Crippen LogP contribution in [-0.2, 0) is 27.0 Å². The van der Waals surface area contributed by atoms with Crippen molar-refractivity contribution in [3.8, 4) is 0 Å². The molecule has 0 radical (unpaired) electrons. The maximum atomic E-state index is 13.3. The van der Waals surface area contributed by atoms with Gasteiger partial charge in [0, 0.05) is 29.9 Å². The van der Waals surface area contributed by atoms with Crippen molar-refractivity contribution in [3.63, 3.8) is 0 Å². The van der Waals surface area contributed by atoms with E-state index >= 15 is 0 Å². The average molecular weight is 401 g/mol. The summed E-state index contributed by atoms with van der Waals surface area (Å²) in [5, 5.41) is 19.9. The molecule has 2 unspecified atom stereocenters. The number of hydrogen-bond donors (Lipinski definition) is 5. The number of carbonyl (C=O) groups excluding carboxylic acids is 1. The minimum absolute atomic E-state index is 0.0646. The summed E-state index contributed by atoms with van der Waals surface area (Å²) in [6, 6.07) is 0.735. The Morgan fingerprint density at radius 3 is 2.46 bits per heavy atom. The van der Waals surface area contributed by atoms with E-state index in [2.05, 4.69) is 10.3 Å². The number of alkyl halides is 3. The lowest BCUT2D eigenvalue weighted by molar-refractivity contribution is -0.142. The summed E-state index contributed by atoms with van der Waals surface area (Å²) in [5.41, 5.74) is 4.86. The molecule has 152 valence electrons. The minimum atomic E-state index is -4.64. The molecule has 0 bridgehead atoms. The fourth-order valence-electron chi connectivity index (χ4n) is 2.76. The molecule has 1 aromatic carbocycles. The van der Waals surface area contributed by atoms with Gasteiger partial charge in [0.25, 0.3) is 0 Å². The van der Waals surface area contributed by atoms with E-state index in [9.17, 15) is 32.7 Å². The Balaban J connectivity index is 2.25. The van der Waals surface area contributed by atoms with Gasteiger partial charge in [-0.2, -0.15) is 13.2 Å². The van der Waals surface area contributed by atoms with Crippen LogP contribution in [0.4, 0.5) is 13.2 Å². The highest BCUT2D eigenvalue weighted by Crippen LogP contribution is 2.36. The first-order chi connectivity index (χ1) is 13.0. The molecule has 2 atom stereocenters. The molecule has 0 saturated carbocycles. The first-order valence-electron chi connectivity index (χ1n) is 8.17. The van der Waals surface area contributed by atoms with Crippen LogP contribution in [0.15, 0.2) is 24.4 Å². The minimum Gasteiger partial charge on any atom is -0.481 e. The Kier molecular flexibility index (Phi) is 6.29. The summed E-state index contributed by atoms with van der Waals surface area (Å²) in [7, 11) is 0. The molecule has 2 rings (SSSR count). The molecule has 0 spiro atoms. The Labute approximate surface area is 156 Å². The van der Waals surface area contributed by atoms with E-state index in [1.807, 2.05) is 0 Å². The van der Waals surface area contributed by atoms with Crippen LogP contribution in [0.25, 0.3) is 10.9 Å². The van der Waals surface area contributed by atoms with Crippen molar-refractivity contribution in [1.29, 1.82) is 0 Å². The number of benzene rings is 1. The molecular formula is C17H18F3N3O5. The third kappa shape index (κ3) is 5.00. The average Bonchev–Trinajstić information content (AvgIpc) is 3.00. The molecule has 0 saturated heterocycles. The zero-order valence-corrected chi connectivity index (χ0v) is 14.4. The van der Waals surface area contributed by atoms with Crippen LogP contribution in [0, 0.1) is 0 Å². The van der Waals surface area contributed by atoms with E-state index in [1.165, 1.54) is 18.3 Å². The quantitative estimate of drug-likeness (QED) is 0.453. The number of nitrogens with two attached hydrogens (primary N) is 1.